The highest BCUT2D eigenvalue weighted by atomic mass is 16.5. The summed E-state index contributed by atoms with van der Waals surface area (Å²) >= 11 is 0. The third kappa shape index (κ3) is 1.95. The van der Waals surface area contributed by atoms with Gasteiger partial charge in [-0.05, 0) is 13.3 Å². The van der Waals surface area contributed by atoms with Crippen molar-refractivity contribution in [1.82, 2.24) is 4.90 Å². The summed E-state index contributed by atoms with van der Waals surface area (Å²) in [5.41, 5.74) is 5.18. The number of carbonyl (C=O) groups is 1. The van der Waals surface area contributed by atoms with E-state index in [4.69, 9.17) is 10.5 Å². The number of nitrogens with two attached hydrogens (primary N) is 1. The fourth-order valence-corrected chi connectivity index (χ4v) is 1.48. The summed E-state index contributed by atoms with van der Waals surface area (Å²) in [4.78, 5) is 12.9. The van der Waals surface area contributed by atoms with Crippen LogP contribution in [0.4, 0.5) is 0 Å². The summed E-state index contributed by atoms with van der Waals surface area (Å²) in [5.74, 6) is -0.258. The van der Waals surface area contributed by atoms with Crippen LogP contribution in [0.25, 0.3) is 0 Å². The van der Waals surface area contributed by atoms with Gasteiger partial charge in [-0.1, -0.05) is 0 Å². The summed E-state index contributed by atoms with van der Waals surface area (Å²) in [6, 6.07) is -0.162. The fraction of sp³-hybridized carbons (Fsp3) is 0.875. The summed E-state index contributed by atoms with van der Waals surface area (Å²) in [6.07, 6.45) is 1.26. The number of likely N-dealkylation sites (tertiary alicyclic amines) is 1. The second kappa shape index (κ2) is 3.87. The lowest BCUT2D eigenvalue weighted by molar-refractivity contribution is -0.122. The maximum Gasteiger partial charge on any atom is 0.234 e. The SMILES string of the molecule is COC1CCN(C(C)C(N)=O)C1. The van der Waals surface area contributed by atoms with Crippen molar-refractivity contribution in [2.75, 3.05) is 20.2 Å². The number of amides is 1. The molecule has 2 unspecified atom stereocenters. The molecule has 1 aliphatic heterocycles. The van der Waals surface area contributed by atoms with Crippen molar-refractivity contribution in [2.24, 2.45) is 5.73 Å². The minimum atomic E-state index is -0.258. The average Bonchev–Trinajstić information content (AvgIpc) is 2.50. The van der Waals surface area contributed by atoms with Gasteiger partial charge in [0.05, 0.1) is 12.1 Å². The standard InChI is InChI=1S/C8H16N2O2/c1-6(8(9)11)10-4-3-7(5-10)12-2/h6-7H,3-5H2,1-2H3,(H2,9,11). The van der Waals surface area contributed by atoms with Crippen molar-refractivity contribution < 1.29 is 9.53 Å². The van der Waals surface area contributed by atoms with Crippen molar-refractivity contribution in [2.45, 2.75) is 25.5 Å². The molecule has 0 spiro atoms. The summed E-state index contributed by atoms with van der Waals surface area (Å²) in [6.45, 7) is 3.56. The van der Waals surface area contributed by atoms with Crippen molar-refractivity contribution in [1.29, 1.82) is 0 Å². The lowest BCUT2D eigenvalue weighted by Crippen LogP contribution is -2.41. The van der Waals surface area contributed by atoms with Gasteiger partial charge in [0, 0.05) is 20.2 Å². The van der Waals surface area contributed by atoms with Crippen LogP contribution in [0, 0.1) is 0 Å². The molecule has 0 aliphatic carbocycles. The van der Waals surface area contributed by atoms with Crippen molar-refractivity contribution in [3.8, 4) is 0 Å². The minimum Gasteiger partial charge on any atom is -0.380 e. The van der Waals surface area contributed by atoms with Crippen LogP contribution in [0.15, 0.2) is 0 Å². The molecule has 0 aromatic heterocycles. The molecule has 2 atom stereocenters. The molecule has 12 heavy (non-hydrogen) atoms. The van der Waals surface area contributed by atoms with Crippen LogP contribution in [0.2, 0.25) is 0 Å². The number of rotatable bonds is 3. The van der Waals surface area contributed by atoms with E-state index in [1.54, 1.807) is 7.11 Å². The molecule has 1 fully saturated rings. The molecule has 0 aromatic carbocycles. The van der Waals surface area contributed by atoms with E-state index in [0.717, 1.165) is 19.5 Å². The highest BCUT2D eigenvalue weighted by molar-refractivity contribution is 5.79. The maximum atomic E-state index is 10.8. The molecule has 0 aromatic rings. The molecule has 1 saturated heterocycles. The maximum absolute atomic E-state index is 10.8. The molecule has 4 heteroatoms. The Morgan fingerprint density at radius 3 is 2.83 bits per heavy atom. The van der Waals surface area contributed by atoms with Gasteiger partial charge in [0.15, 0.2) is 0 Å². The highest BCUT2D eigenvalue weighted by Gasteiger charge is 2.27. The van der Waals surface area contributed by atoms with Crippen molar-refractivity contribution in [3.63, 3.8) is 0 Å². The zero-order valence-electron chi connectivity index (χ0n) is 7.62. The number of primary amides is 1. The Bertz CT molecular complexity index is 172. The summed E-state index contributed by atoms with van der Waals surface area (Å²) < 4.78 is 5.18. The number of hydrogen-bond acceptors (Lipinski definition) is 3. The van der Waals surface area contributed by atoms with E-state index >= 15 is 0 Å². The first kappa shape index (κ1) is 9.48. The number of ether oxygens (including phenoxy) is 1. The van der Waals surface area contributed by atoms with Crippen LogP contribution >= 0.6 is 0 Å². The molecule has 1 amide bonds. The van der Waals surface area contributed by atoms with Crippen LogP contribution in [0.1, 0.15) is 13.3 Å². The van der Waals surface area contributed by atoms with E-state index in [9.17, 15) is 4.79 Å². The number of methoxy groups -OCH3 is 1. The van der Waals surface area contributed by atoms with Gasteiger partial charge in [0.25, 0.3) is 0 Å². The van der Waals surface area contributed by atoms with Gasteiger partial charge in [0.2, 0.25) is 5.91 Å². The van der Waals surface area contributed by atoms with E-state index in [-0.39, 0.29) is 18.1 Å². The van der Waals surface area contributed by atoms with Gasteiger partial charge in [-0.3, -0.25) is 9.69 Å². The van der Waals surface area contributed by atoms with Gasteiger partial charge < -0.3 is 10.5 Å². The molecule has 0 bridgehead atoms. The smallest absolute Gasteiger partial charge is 0.234 e. The Morgan fingerprint density at radius 1 is 1.75 bits per heavy atom. The topological polar surface area (TPSA) is 55.6 Å². The first-order chi connectivity index (χ1) is 5.65. The van der Waals surface area contributed by atoms with Crippen molar-refractivity contribution in [3.05, 3.63) is 0 Å². The molecule has 1 rings (SSSR count). The Balaban J connectivity index is 2.41. The van der Waals surface area contributed by atoms with E-state index in [0.29, 0.717) is 0 Å². The molecule has 70 valence electrons. The molecule has 1 heterocycles. The summed E-state index contributed by atoms with van der Waals surface area (Å²) in [7, 11) is 1.70. The lowest BCUT2D eigenvalue weighted by atomic mass is 10.3. The van der Waals surface area contributed by atoms with Gasteiger partial charge >= 0.3 is 0 Å². The van der Waals surface area contributed by atoms with Crippen LogP contribution in [-0.4, -0.2) is 43.2 Å². The molecule has 0 radical (unpaired) electrons. The average molecular weight is 172 g/mol. The van der Waals surface area contributed by atoms with Crippen molar-refractivity contribution >= 4 is 5.91 Å². The monoisotopic (exact) mass is 172 g/mol. The molecular formula is C8H16N2O2. The summed E-state index contributed by atoms with van der Waals surface area (Å²) in [5, 5.41) is 0. The first-order valence-electron chi connectivity index (χ1n) is 4.21. The second-order valence-corrected chi connectivity index (χ2v) is 3.22. The predicted molar refractivity (Wildman–Crippen MR) is 45.6 cm³/mol. The Morgan fingerprint density at radius 2 is 2.42 bits per heavy atom. The van der Waals surface area contributed by atoms with Gasteiger partial charge in [-0.2, -0.15) is 0 Å². The molecule has 1 aliphatic rings. The predicted octanol–water partition coefficient (Wildman–Crippen LogP) is -0.419. The van der Waals surface area contributed by atoms with E-state index < -0.39 is 0 Å². The lowest BCUT2D eigenvalue weighted by Gasteiger charge is -2.20. The Hall–Kier alpha value is -0.610. The zero-order chi connectivity index (χ0) is 9.14. The molecular weight excluding hydrogens is 156 g/mol. The third-order valence-corrected chi connectivity index (χ3v) is 2.47. The van der Waals surface area contributed by atoms with Crippen LogP contribution in [0.5, 0.6) is 0 Å². The Labute approximate surface area is 72.7 Å². The van der Waals surface area contributed by atoms with Gasteiger partial charge in [0.1, 0.15) is 0 Å². The Kier molecular flexibility index (Phi) is 3.05. The normalized spacial score (nSPS) is 27.3. The molecule has 2 N–H and O–H groups in total. The number of carbonyl (C=O) groups excluding carboxylic acids is 1. The van der Waals surface area contributed by atoms with E-state index in [1.807, 2.05) is 6.92 Å². The number of hydrogen-bond donors (Lipinski definition) is 1. The second-order valence-electron chi connectivity index (χ2n) is 3.22. The largest absolute Gasteiger partial charge is 0.380 e. The third-order valence-electron chi connectivity index (χ3n) is 2.47. The van der Waals surface area contributed by atoms with Crippen LogP contribution in [-0.2, 0) is 9.53 Å². The highest BCUT2D eigenvalue weighted by Crippen LogP contribution is 2.14. The quantitative estimate of drug-likeness (QED) is 0.629. The zero-order valence-corrected chi connectivity index (χ0v) is 7.62. The van der Waals surface area contributed by atoms with Gasteiger partial charge in [-0.25, -0.2) is 0 Å². The van der Waals surface area contributed by atoms with E-state index in [1.165, 1.54) is 0 Å². The van der Waals surface area contributed by atoms with Crippen LogP contribution in [0.3, 0.4) is 0 Å². The molecule has 4 nitrogen and oxygen atoms in total. The minimum absolute atomic E-state index is 0.162. The van der Waals surface area contributed by atoms with Gasteiger partial charge in [-0.15, -0.1) is 0 Å². The number of nitrogens with zero attached hydrogens (tertiary/aromatic N) is 1. The molecule has 0 saturated carbocycles. The van der Waals surface area contributed by atoms with E-state index in [2.05, 4.69) is 4.90 Å². The van der Waals surface area contributed by atoms with Crippen LogP contribution < -0.4 is 5.73 Å². The fourth-order valence-electron chi connectivity index (χ4n) is 1.48. The first-order valence-corrected chi connectivity index (χ1v) is 4.21.